The third-order valence-electron chi connectivity index (χ3n) is 5.07. The highest BCUT2D eigenvalue weighted by atomic mass is 35.5. The van der Waals surface area contributed by atoms with Gasteiger partial charge in [0.15, 0.2) is 0 Å². The summed E-state index contributed by atoms with van der Waals surface area (Å²) in [5.41, 5.74) is 3.53. The van der Waals surface area contributed by atoms with Crippen molar-refractivity contribution in [3.8, 4) is 0 Å². The molecule has 0 bridgehead atoms. The molecule has 138 valence electrons. The summed E-state index contributed by atoms with van der Waals surface area (Å²) in [7, 11) is 0. The molecule has 0 unspecified atom stereocenters. The van der Waals surface area contributed by atoms with Crippen molar-refractivity contribution >= 4 is 39.5 Å². The number of ether oxygens (including phenoxy) is 1. The lowest BCUT2D eigenvalue weighted by Crippen LogP contribution is -2.19. The summed E-state index contributed by atoms with van der Waals surface area (Å²) in [5, 5.41) is 6.01. The van der Waals surface area contributed by atoms with Gasteiger partial charge in [0.25, 0.3) is 0 Å². The lowest BCUT2D eigenvalue weighted by Gasteiger charge is -2.23. The zero-order chi connectivity index (χ0) is 18.4. The molecule has 1 aliphatic heterocycles. The van der Waals surface area contributed by atoms with E-state index >= 15 is 0 Å². The maximum atomic E-state index is 5.97. The van der Waals surface area contributed by atoms with Crippen molar-refractivity contribution in [1.82, 2.24) is 9.78 Å². The molecular weight excluding hydrogens is 378 g/mol. The van der Waals surface area contributed by atoms with Gasteiger partial charge in [-0.25, -0.2) is 0 Å². The predicted octanol–water partition coefficient (Wildman–Crippen LogP) is 5.83. The van der Waals surface area contributed by atoms with E-state index in [0.29, 0.717) is 12.6 Å². The number of benzene rings is 1. The normalized spacial score (nSPS) is 16.8. The number of anilines is 1. The molecular formula is C21H20ClN3OS. The van der Waals surface area contributed by atoms with Gasteiger partial charge in [0.05, 0.1) is 15.9 Å². The molecule has 1 fully saturated rings. The molecule has 0 saturated heterocycles. The van der Waals surface area contributed by atoms with Gasteiger partial charge < -0.3 is 9.64 Å². The molecule has 27 heavy (non-hydrogen) atoms. The minimum atomic E-state index is 0.555. The second kappa shape index (κ2) is 6.73. The number of thiophene rings is 1. The Bertz CT molecular complexity index is 1060. The fourth-order valence-corrected chi connectivity index (χ4v) is 4.43. The molecule has 2 aromatic heterocycles. The van der Waals surface area contributed by atoms with E-state index in [2.05, 4.69) is 47.0 Å². The maximum Gasteiger partial charge on any atom is 0.122 e. The smallest absolute Gasteiger partial charge is 0.122 e. The summed E-state index contributed by atoms with van der Waals surface area (Å²) in [6, 6.07) is 11.0. The molecule has 0 spiro atoms. The number of fused-ring (bicyclic) bond motifs is 1. The van der Waals surface area contributed by atoms with E-state index in [0.717, 1.165) is 27.0 Å². The second-order valence-corrected chi connectivity index (χ2v) is 8.83. The van der Waals surface area contributed by atoms with E-state index in [1.54, 1.807) is 11.3 Å². The molecule has 1 aliphatic carbocycles. The summed E-state index contributed by atoms with van der Waals surface area (Å²) >= 11 is 7.52. The topological polar surface area (TPSA) is 30.3 Å². The van der Waals surface area contributed by atoms with Crippen LogP contribution in [0.1, 0.15) is 29.5 Å². The first-order valence-electron chi connectivity index (χ1n) is 9.18. The number of aryl methyl sites for hydroxylation is 1. The molecule has 3 heterocycles. The minimum Gasteiger partial charge on any atom is -0.488 e. The number of hydrogen-bond acceptors (Lipinski definition) is 4. The summed E-state index contributed by atoms with van der Waals surface area (Å²) < 4.78 is 8.87. The third kappa shape index (κ3) is 3.37. The molecule has 3 aromatic rings. The predicted molar refractivity (Wildman–Crippen MR) is 111 cm³/mol. The van der Waals surface area contributed by atoms with Crippen molar-refractivity contribution in [3.05, 3.63) is 69.4 Å². The fourth-order valence-electron chi connectivity index (χ4n) is 3.43. The van der Waals surface area contributed by atoms with Crippen LogP contribution >= 0.6 is 22.9 Å². The van der Waals surface area contributed by atoms with Crippen molar-refractivity contribution in [2.24, 2.45) is 0 Å². The van der Waals surface area contributed by atoms with Crippen LogP contribution in [-0.2, 0) is 11.3 Å². The first-order chi connectivity index (χ1) is 13.2. The number of allylic oxidation sites excluding steroid dienone is 1. The van der Waals surface area contributed by atoms with Crippen LogP contribution in [0.2, 0.25) is 4.34 Å². The zero-order valence-corrected chi connectivity index (χ0v) is 16.6. The van der Waals surface area contributed by atoms with Gasteiger partial charge in [-0.05, 0) is 62.2 Å². The Morgan fingerprint density at radius 2 is 2.15 bits per heavy atom. The highest BCUT2D eigenvalue weighted by molar-refractivity contribution is 7.16. The van der Waals surface area contributed by atoms with Crippen molar-refractivity contribution in [3.63, 3.8) is 0 Å². The molecule has 2 aliphatic rings. The van der Waals surface area contributed by atoms with Crippen molar-refractivity contribution < 1.29 is 4.74 Å². The molecule has 0 N–H and O–H groups in total. The SMILES string of the molecule is Cc1c2cc(N3C=CC(OCc4ccc(Cl)s4)=CC3)ccc2nn1C1CC1. The van der Waals surface area contributed by atoms with E-state index in [1.165, 1.54) is 29.6 Å². The zero-order valence-electron chi connectivity index (χ0n) is 15.1. The van der Waals surface area contributed by atoms with Gasteiger partial charge in [-0.1, -0.05) is 11.6 Å². The van der Waals surface area contributed by atoms with Crippen LogP contribution < -0.4 is 4.90 Å². The van der Waals surface area contributed by atoms with Crippen molar-refractivity contribution in [2.45, 2.75) is 32.4 Å². The third-order valence-corrected chi connectivity index (χ3v) is 6.28. The molecule has 4 nitrogen and oxygen atoms in total. The second-order valence-electron chi connectivity index (χ2n) is 7.03. The number of nitrogens with zero attached hydrogens (tertiary/aromatic N) is 3. The molecule has 0 amide bonds. The van der Waals surface area contributed by atoms with Gasteiger partial charge in [0.1, 0.15) is 12.4 Å². The Labute approximate surface area is 167 Å². The standard InChI is InChI=1S/C21H20ClN3OS/c1-14-19-12-16(4-6-20(19)23-25(14)15-2-3-15)24-10-8-17(9-11-24)26-13-18-5-7-21(22)27-18/h4-10,12,15H,2-3,11,13H2,1H3. The molecule has 6 heteroatoms. The fraction of sp³-hybridized carbons (Fsp3) is 0.286. The number of hydrogen-bond donors (Lipinski definition) is 0. The minimum absolute atomic E-state index is 0.555. The van der Waals surface area contributed by atoms with Crippen LogP contribution in [0.5, 0.6) is 0 Å². The van der Waals surface area contributed by atoms with E-state index in [4.69, 9.17) is 21.4 Å². The van der Waals surface area contributed by atoms with E-state index < -0.39 is 0 Å². The quantitative estimate of drug-likeness (QED) is 0.542. The van der Waals surface area contributed by atoms with Gasteiger partial charge in [-0.15, -0.1) is 11.3 Å². The van der Waals surface area contributed by atoms with E-state index in [1.807, 2.05) is 18.2 Å². The van der Waals surface area contributed by atoms with Gasteiger partial charge in [0.2, 0.25) is 0 Å². The first kappa shape index (κ1) is 16.9. The average molecular weight is 398 g/mol. The van der Waals surface area contributed by atoms with E-state index in [-0.39, 0.29) is 0 Å². The Hall–Kier alpha value is -2.24. The highest BCUT2D eigenvalue weighted by Crippen LogP contribution is 2.37. The van der Waals surface area contributed by atoms with Crippen LogP contribution in [0, 0.1) is 6.92 Å². The van der Waals surface area contributed by atoms with Crippen LogP contribution in [0.25, 0.3) is 10.9 Å². The van der Waals surface area contributed by atoms with Crippen LogP contribution in [0.4, 0.5) is 5.69 Å². The van der Waals surface area contributed by atoms with Gasteiger partial charge in [0, 0.05) is 34.4 Å². The molecule has 1 aromatic carbocycles. The molecule has 0 radical (unpaired) electrons. The van der Waals surface area contributed by atoms with Crippen molar-refractivity contribution in [1.29, 1.82) is 0 Å². The monoisotopic (exact) mass is 397 g/mol. The van der Waals surface area contributed by atoms with Gasteiger partial charge >= 0.3 is 0 Å². The molecule has 1 saturated carbocycles. The molecule has 5 rings (SSSR count). The number of rotatable bonds is 5. The number of halogens is 1. The van der Waals surface area contributed by atoms with Gasteiger partial charge in [-0.2, -0.15) is 5.10 Å². The van der Waals surface area contributed by atoms with Crippen LogP contribution in [-0.4, -0.2) is 16.3 Å². The average Bonchev–Trinajstić information content (AvgIpc) is 3.37. The maximum absolute atomic E-state index is 5.97. The largest absolute Gasteiger partial charge is 0.488 e. The molecule has 0 atom stereocenters. The summed E-state index contributed by atoms with van der Waals surface area (Å²) in [6.07, 6.45) is 8.71. The highest BCUT2D eigenvalue weighted by Gasteiger charge is 2.26. The Kier molecular flexibility index (Phi) is 4.21. The van der Waals surface area contributed by atoms with Crippen molar-refractivity contribution in [2.75, 3.05) is 11.4 Å². The lowest BCUT2D eigenvalue weighted by molar-refractivity contribution is 0.212. The Morgan fingerprint density at radius 1 is 1.26 bits per heavy atom. The first-order valence-corrected chi connectivity index (χ1v) is 10.4. The van der Waals surface area contributed by atoms with E-state index in [9.17, 15) is 0 Å². The summed E-state index contributed by atoms with van der Waals surface area (Å²) in [6.45, 7) is 3.52. The van der Waals surface area contributed by atoms with Crippen LogP contribution in [0.3, 0.4) is 0 Å². The lowest BCUT2D eigenvalue weighted by atomic mass is 10.1. The Balaban J connectivity index is 1.29. The summed E-state index contributed by atoms with van der Waals surface area (Å²) in [4.78, 5) is 3.35. The number of aromatic nitrogens is 2. The Morgan fingerprint density at radius 3 is 2.85 bits per heavy atom. The van der Waals surface area contributed by atoms with Crippen LogP contribution in [0.15, 0.2) is 54.4 Å². The summed E-state index contributed by atoms with van der Waals surface area (Å²) in [5.74, 6) is 0.898. The van der Waals surface area contributed by atoms with Gasteiger partial charge in [-0.3, -0.25) is 4.68 Å².